The summed E-state index contributed by atoms with van der Waals surface area (Å²) in [5.41, 5.74) is 1.35. The first kappa shape index (κ1) is 25.2. The summed E-state index contributed by atoms with van der Waals surface area (Å²) in [7, 11) is -3.62. The Kier molecular flexibility index (Phi) is 8.86. The zero-order valence-electron chi connectivity index (χ0n) is 19.3. The third kappa shape index (κ3) is 7.54. The van der Waals surface area contributed by atoms with Crippen molar-refractivity contribution in [2.24, 2.45) is 5.92 Å². The number of rotatable bonds is 10. The number of halogens is 1. The number of hydrogen-bond donors (Lipinski definition) is 1. The topological polar surface area (TPSA) is 75.7 Å². The van der Waals surface area contributed by atoms with Crippen LogP contribution in [0.2, 0.25) is 0 Å². The monoisotopic (exact) mass is 476 g/mol. The van der Waals surface area contributed by atoms with E-state index in [1.165, 1.54) is 28.1 Å². The molecule has 0 unspecified atom stereocenters. The Bertz CT molecular complexity index is 1020. The van der Waals surface area contributed by atoms with Gasteiger partial charge in [-0.05, 0) is 63.3 Å². The van der Waals surface area contributed by atoms with Gasteiger partial charge in [0, 0.05) is 31.1 Å². The van der Waals surface area contributed by atoms with Crippen molar-refractivity contribution in [3.05, 3.63) is 65.5 Å². The summed E-state index contributed by atoms with van der Waals surface area (Å²) in [6, 6.07) is 13.9. The number of carbonyl (C=O) groups is 1. The fourth-order valence-electron chi connectivity index (χ4n) is 3.95. The smallest absolute Gasteiger partial charge is 0.223 e. The molecule has 1 amide bonds. The highest BCUT2D eigenvalue weighted by molar-refractivity contribution is 7.88. The van der Waals surface area contributed by atoms with Gasteiger partial charge in [-0.1, -0.05) is 30.3 Å². The van der Waals surface area contributed by atoms with Gasteiger partial charge in [0.2, 0.25) is 15.9 Å². The summed E-state index contributed by atoms with van der Waals surface area (Å²) >= 11 is 0. The Morgan fingerprint density at radius 3 is 2.42 bits per heavy atom. The lowest BCUT2D eigenvalue weighted by molar-refractivity contribution is -0.126. The summed E-state index contributed by atoms with van der Waals surface area (Å²) < 4.78 is 46.2. The Hall–Kier alpha value is -2.45. The van der Waals surface area contributed by atoms with Crippen molar-refractivity contribution in [2.45, 2.75) is 51.4 Å². The van der Waals surface area contributed by atoms with E-state index in [1.807, 2.05) is 38.1 Å². The normalized spacial score (nSPS) is 15.5. The van der Waals surface area contributed by atoms with Gasteiger partial charge in [0.1, 0.15) is 11.6 Å². The van der Waals surface area contributed by atoms with E-state index in [4.69, 9.17) is 4.74 Å². The highest BCUT2D eigenvalue weighted by Crippen LogP contribution is 2.22. The highest BCUT2D eigenvalue weighted by Gasteiger charge is 2.31. The van der Waals surface area contributed by atoms with Gasteiger partial charge in [-0.15, -0.1) is 0 Å². The molecule has 0 radical (unpaired) electrons. The van der Waals surface area contributed by atoms with Crippen LogP contribution in [0.4, 0.5) is 4.39 Å². The van der Waals surface area contributed by atoms with E-state index in [-0.39, 0.29) is 42.3 Å². The molecule has 33 heavy (non-hydrogen) atoms. The van der Waals surface area contributed by atoms with Crippen molar-refractivity contribution in [2.75, 3.05) is 19.6 Å². The predicted molar refractivity (Wildman–Crippen MR) is 127 cm³/mol. The van der Waals surface area contributed by atoms with E-state index in [0.29, 0.717) is 19.4 Å². The molecule has 8 heteroatoms. The molecule has 1 aliphatic rings. The molecule has 0 bridgehead atoms. The maximum absolute atomic E-state index is 13.8. The highest BCUT2D eigenvalue weighted by atomic mass is 32.2. The molecule has 0 spiro atoms. The quantitative estimate of drug-likeness (QED) is 0.528. The number of nitrogens with one attached hydrogen (secondary N) is 1. The van der Waals surface area contributed by atoms with Gasteiger partial charge < -0.3 is 10.1 Å². The number of ether oxygens (including phenoxy) is 1. The Morgan fingerprint density at radius 1 is 1.12 bits per heavy atom. The molecule has 2 aromatic carbocycles. The van der Waals surface area contributed by atoms with Crippen LogP contribution in [0.15, 0.2) is 48.5 Å². The number of aryl methyl sites for hydroxylation is 1. The minimum absolute atomic E-state index is 0.0261. The first-order valence-electron chi connectivity index (χ1n) is 11.5. The van der Waals surface area contributed by atoms with E-state index in [1.54, 1.807) is 6.07 Å². The summed E-state index contributed by atoms with van der Waals surface area (Å²) in [4.78, 5) is 12.5. The third-order valence-corrected chi connectivity index (χ3v) is 7.58. The fraction of sp³-hybridized carbons (Fsp3) is 0.480. The van der Waals surface area contributed by atoms with Crippen molar-refractivity contribution in [3.63, 3.8) is 0 Å². The molecule has 180 valence electrons. The summed E-state index contributed by atoms with van der Waals surface area (Å²) in [6.45, 7) is 5.12. The molecule has 6 nitrogen and oxygen atoms in total. The van der Waals surface area contributed by atoms with Crippen molar-refractivity contribution in [3.8, 4) is 5.75 Å². The van der Waals surface area contributed by atoms with Gasteiger partial charge in [-0.3, -0.25) is 4.79 Å². The summed E-state index contributed by atoms with van der Waals surface area (Å²) in [6.07, 6.45) is 2.77. The third-order valence-electron chi connectivity index (χ3n) is 5.75. The second kappa shape index (κ2) is 11.6. The lowest BCUT2D eigenvalue weighted by atomic mass is 9.97. The fourth-order valence-corrected chi connectivity index (χ4v) is 5.53. The molecule has 0 saturated carbocycles. The minimum atomic E-state index is -3.62. The van der Waals surface area contributed by atoms with Crippen LogP contribution >= 0.6 is 0 Å². The van der Waals surface area contributed by atoms with E-state index in [2.05, 4.69) is 5.32 Å². The number of sulfonamides is 1. The van der Waals surface area contributed by atoms with Crippen LogP contribution < -0.4 is 10.1 Å². The summed E-state index contributed by atoms with van der Waals surface area (Å²) in [5, 5.41) is 2.98. The van der Waals surface area contributed by atoms with Gasteiger partial charge >= 0.3 is 0 Å². The summed E-state index contributed by atoms with van der Waals surface area (Å²) in [5.74, 6) is -0.250. The van der Waals surface area contributed by atoms with Crippen molar-refractivity contribution < 1.29 is 22.3 Å². The first-order valence-corrected chi connectivity index (χ1v) is 13.1. The minimum Gasteiger partial charge on any atom is -0.491 e. The van der Waals surface area contributed by atoms with Crippen LogP contribution in [0.3, 0.4) is 0 Å². The second-order valence-electron chi connectivity index (χ2n) is 8.73. The number of carbonyl (C=O) groups excluding carboxylic acids is 1. The number of benzene rings is 2. The lowest BCUT2D eigenvalue weighted by Crippen LogP contribution is -2.43. The number of piperidine rings is 1. The van der Waals surface area contributed by atoms with E-state index < -0.39 is 15.8 Å². The Morgan fingerprint density at radius 2 is 1.79 bits per heavy atom. The van der Waals surface area contributed by atoms with E-state index in [9.17, 15) is 17.6 Å². The molecular formula is C25H33FN2O4S. The number of hydrogen-bond acceptors (Lipinski definition) is 4. The average molecular weight is 477 g/mol. The van der Waals surface area contributed by atoms with Gasteiger partial charge in [0.15, 0.2) is 0 Å². The van der Waals surface area contributed by atoms with Gasteiger partial charge in [-0.2, -0.15) is 0 Å². The molecule has 0 atom stereocenters. The number of amides is 1. The standard InChI is InChI=1S/C25H33FN2O4S/c1-19(2)32-23-11-9-20(10-12-23)6-5-15-27-25(29)21-13-16-28(17-14-21)33(30,31)18-22-7-3-4-8-24(22)26/h3-4,7-12,19,21H,5-6,13-18H2,1-2H3,(H,27,29). The van der Waals surface area contributed by atoms with Crippen molar-refractivity contribution >= 4 is 15.9 Å². The zero-order chi connectivity index (χ0) is 23.8. The predicted octanol–water partition coefficient (Wildman–Crippen LogP) is 3.90. The molecule has 2 aromatic rings. The molecule has 3 rings (SSSR count). The van der Waals surface area contributed by atoms with Crippen LogP contribution in [0, 0.1) is 11.7 Å². The van der Waals surface area contributed by atoms with Crippen molar-refractivity contribution in [1.82, 2.24) is 9.62 Å². The number of nitrogens with zero attached hydrogens (tertiary/aromatic N) is 1. The first-order chi connectivity index (χ1) is 15.7. The van der Waals surface area contributed by atoms with Gasteiger partial charge in [-0.25, -0.2) is 17.1 Å². The van der Waals surface area contributed by atoms with E-state index in [0.717, 1.165) is 18.6 Å². The molecular weight excluding hydrogens is 443 g/mol. The molecule has 1 N–H and O–H groups in total. The van der Waals surface area contributed by atoms with Crippen LogP contribution in [0.1, 0.15) is 44.2 Å². The molecule has 1 saturated heterocycles. The van der Waals surface area contributed by atoms with Crippen LogP contribution in [-0.2, 0) is 27.0 Å². The molecule has 1 aliphatic heterocycles. The Labute approximate surface area is 196 Å². The maximum Gasteiger partial charge on any atom is 0.223 e. The molecule has 1 heterocycles. The van der Waals surface area contributed by atoms with Gasteiger partial charge in [0.05, 0.1) is 11.9 Å². The van der Waals surface area contributed by atoms with Gasteiger partial charge in [0.25, 0.3) is 0 Å². The Balaban J connectivity index is 1.38. The van der Waals surface area contributed by atoms with Crippen molar-refractivity contribution in [1.29, 1.82) is 0 Å². The largest absolute Gasteiger partial charge is 0.491 e. The van der Waals surface area contributed by atoms with Crippen LogP contribution in [-0.4, -0.2) is 44.4 Å². The van der Waals surface area contributed by atoms with Crippen LogP contribution in [0.5, 0.6) is 5.75 Å². The SMILES string of the molecule is CC(C)Oc1ccc(CCCNC(=O)C2CCN(S(=O)(=O)Cc3ccccc3F)CC2)cc1. The maximum atomic E-state index is 13.8. The van der Waals surface area contributed by atoms with E-state index >= 15 is 0 Å². The second-order valence-corrected chi connectivity index (χ2v) is 10.7. The van der Waals surface area contributed by atoms with Crippen LogP contribution in [0.25, 0.3) is 0 Å². The zero-order valence-corrected chi connectivity index (χ0v) is 20.1. The molecule has 1 fully saturated rings. The molecule has 0 aliphatic carbocycles. The lowest BCUT2D eigenvalue weighted by Gasteiger charge is -2.30. The average Bonchev–Trinajstić information content (AvgIpc) is 2.79. The molecule has 0 aromatic heterocycles.